The van der Waals surface area contributed by atoms with Gasteiger partial charge in [0.2, 0.25) is 0 Å². The van der Waals surface area contributed by atoms with Gasteiger partial charge in [-0.15, -0.1) is 0 Å². The molecule has 118 valence electrons. The van der Waals surface area contributed by atoms with Gasteiger partial charge in [0, 0.05) is 5.56 Å². The number of aromatic hydroxyl groups is 1. The van der Waals surface area contributed by atoms with Crippen LogP contribution in [0.1, 0.15) is 47.4 Å². The van der Waals surface area contributed by atoms with Crippen LogP contribution in [0.2, 0.25) is 0 Å². The van der Waals surface area contributed by atoms with Gasteiger partial charge in [0.25, 0.3) is 0 Å². The maximum atomic E-state index is 13.6. The van der Waals surface area contributed by atoms with Crippen LogP contribution in [0.5, 0.6) is 5.75 Å². The predicted octanol–water partition coefficient (Wildman–Crippen LogP) is 4.11. The summed E-state index contributed by atoms with van der Waals surface area (Å²) in [6.45, 7) is 0. The van der Waals surface area contributed by atoms with Gasteiger partial charge < -0.3 is 10.2 Å². The van der Waals surface area contributed by atoms with Crippen LogP contribution >= 0.6 is 0 Å². The van der Waals surface area contributed by atoms with Crippen molar-refractivity contribution in [3.63, 3.8) is 0 Å². The summed E-state index contributed by atoms with van der Waals surface area (Å²) in [7, 11) is 0. The molecular formula is C18H16FNO3. The van der Waals surface area contributed by atoms with Crippen LogP contribution in [-0.2, 0) is 0 Å². The molecule has 1 aromatic carbocycles. The lowest BCUT2D eigenvalue weighted by Crippen LogP contribution is -2.05. The summed E-state index contributed by atoms with van der Waals surface area (Å²) in [4.78, 5) is 15.3. The van der Waals surface area contributed by atoms with E-state index < -0.39 is 11.8 Å². The molecule has 5 heteroatoms. The van der Waals surface area contributed by atoms with Crippen LogP contribution in [0.4, 0.5) is 4.39 Å². The normalized spacial score (nSPS) is 14.8. The Kier molecular flexibility index (Phi) is 4.10. The van der Waals surface area contributed by atoms with E-state index in [-0.39, 0.29) is 11.4 Å². The van der Waals surface area contributed by atoms with Gasteiger partial charge in [-0.25, -0.2) is 14.2 Å². The Morgan fingerprint density at radius 3 is 2.57 bits per heavy atom. The molecule has 1 heterocycles. The highest BCUT2D eigenvalue weighted by molar-refractivity contribution is 5.93. The van der Waals surface area contributed by atoms with Crippen LogP contribution in [0, 0.1) is 5.82 Å². The highest BCUT2D eigenvalue weighted by Crippen LogP contribution is 2.40. The van der Waals surface area contributed by atoms with Crippen molar-refractivity contribution >= 4 is 17.1 Å². The van der Waals surface area contributed by atoms with E-state index in [1.54, 1.807) is 12.1 Å². The summed E-state index contributed by atoms with van der Waals surface area (Å²) in [6, 6.07) is 8.71. The topological polar surface area (TPSA) is 70.4 Å². The molecule has 1 aromatic heterocycles. The van der Waals surface area contributed by atoms with Gasteiger partial charge >= 0.3 is 5.97 Å². The number of carboxylic acid groups (broad SMARTS) is 1. The first-order chi connectivity index (χ1) is 11.1. The number of pyridine rings is 1. The number of aromatic carboxylic acids is 1. The molecule has 2 N–H and O–H groups in total. The fourth-order valence-corrected chi connectivity index (χ4v) is 2.96. The molecule has 0 amide bonds. The number of carboxylic acids is 1. The maximum absolute atomic E-state index is 13.6. The highest BCUT2D eigenvalue weighted by Gasteiger charge is 2.20. The van der Waals surface area contributed by atoms with E-state index in [2.05, 4.69) is 4.98 Å². The van der Waals surface area contributed by atoms with Crippen molar-refractivity contribution in [1.82, 2.24) is 4.98 Å². The van der Waals surface area contributed by atoms with Crippen molar-refractivity contribution in [1.29, 1.82) is 0 Å². The van der Waals surface area contributed by atoms with Gasteiger partial charge in [-0.2, -0.15) is 0 Å². The molecule has 1 aliphatic rings. The van der Waals surface area contributed by atoms with Crippen molar-refractivity contribution in [2.24, 2.45) is 0 Å². The minimum absolute atomic E-state index is 0.0233. The molecule has 0 saturated carbocycles. The SMILES string of the molecule is O=C(O)c1cccc(C2=C(c3cc(F)ccc3O)CCCC2)n1. The number of phenolic OH excluding ortho intramolecular Hbond substituents is 1. The van der Waals surface area contributed by atoms with E-state index in [0.717, 1.165) is 30.4 Å². The Labute approximate surface area is 132 Å². The zero-order valence-corrected chi connectivity index (χ0v) is 12.4. The Hall–Kier alpha value is -2.69. The van der Waals surface area contributed by atoms with Crippen molar-refractivity contribution in [2.45, 2.75) is 25.7 Å². The second-order valence-corrected chi connectivity index (χ2v) is 5.54. The van der Waals surface area contributed by atoms with Crippen molar-refractivity contribution in [3.8, 4) is 5.75 Å². The van der Waals surface area contributed by atoms with Crippen LogP contribution < -0.4 is 0 Å². The summed E-state index contributed by atoms with van der Waals surface area (Å²) in [6.07, 6.45) is 3.31. The molecule has 4 nitrogen and oxygen atoms in total. The summed E-state index contributed by atoms with van der Waals surface area (Å²) >= 11 is 0. The van der Waals surface area contributed by atoms with E-state index in [1.165, 1.54) is 24.3 Å². The molecule has 0 spiro atoms. The third-order valence-electron chi connectivity index (χ3n) is 4.03. The number of carbonyl (C=O) groups is 1. The predicted molar refractivity (Wildman–Crippen MR) is 84.5 cm³/mol. The average Bonchev–Trinajstić information content (AvgIpc) is 2.57. The number of hydrogen-bond acceptors (Lipinski definition) is 3. The number of halogens is 1. The monoisotopic (exact) mass is 313 g/mol. The average molecular weight is 313 g/mol. The van der Waals surface area contributed by atoms with Gasteiger partial charge in [0.05, 0.1) is 5.69 Å². The molecule has 0 unspecified atom stereocenters. The Morgan fingerprint density at radius 1 is 1.09 bits per heavy atom. The molecule has 0 aliphatic heterocycles. The third kappa shape index (κ3) is 3.08. The first-order valence-corrected chi connectivity index (χ1v) is 7.48. The van der Waals surface area contributed by atoms with Gasteiger partial charge in [0.15, 0.2) is 0 Å². The largest absolute Gasteiger partial charge is 0.507 e. The van der Waals surface area contributed by atoms with Gasteiger partial charge in [-0.3, -0.25) is 0 Å². The van der Waals surface area contributed by atoms with Gasteiger partial charge in [-0.1, -0.05) is 6.07 Å². The second-order valence-electron chi connectivity index (χ2n) is 5.54. The lowest BCUT2D eigenvalue weighted by molar-refractivity contribution is 0.0690. The zero-order valence-electron chi connectivity index (χ0n) is 12.4. The van der Waals surface area contributed by atoms with Crippen molar-refractivity contribution in [2.75, 3.05) is 0 Å². The molecular weight excluding hydrogens is 297 g/mol. The number of phenols is 1. The van der Waals surface area contributed by atoms with Crippen molar-refractivity contribution in [3.05, 3.63) is 59.2 Å². The van der Waals surface area contributed by atoms with E-state index in [1.807, 2.05) is 0 Å². The Balaban J connectivity index is 2.16. The number of allylic oxidation sites excluding steroid dienone is 2. The van der Waals surface area contributed by atoms with E-state index in [0.29, 0.717) is 17.7 Å². The van der Waals surface area contributed by atoms with E-state index in [9.17, 15) is 14.3 Å². The smallest absolute Gasteiger partial charge is 0.354 e. The number of rotatable bonds is 3. The molecule has 0 atom stereocenters. The van der Waals surface area contributed by atoms with Crippen LogP contribution in [-0.4, -0.2) is 21.2 Å². The van der Waals surface area contributed by atoms with Crippen LogP contribution in [0.15, 0.2) is 36.4 Å². The summed E-state index contributed by atoms with van der Waals surface area (Å²) in [5, 5.41) is 19.2. The minimum atomic E-state index is -1.08. The standard InChI is InChI=1S/C18H16FNO3/c19-11-8-9-17(21)14(10-11)12-4-1-2-5-13(12)15-6-3-7-16(20-15)18(22)23/h3,6-10,21H,1-2,4-5H2,(H,22,23). The van der Waals surface area contributed by atoms with Gasteiger partial charge in [-0.05, 0) is 67.2 Å². The highest BCUT2D eigenvalue weighted by atomic mass is 19.1. The fraction of sp³-hybridized carbons (Fsp3) is 0.222. The zero-order chi connectivity index (χ0) is 16.4. The number of benzene rings is 1. The lowest BCUT2D eigenvalue weighted by atomic mass is 9.85. The molecule has 23 heavy (non-hydrogen) atoms. The molecule has 0 bridgehead atoms. The lowest BCUT2D eigenvalue weighted by Gasteiger charge is -2.21. The molecule has 0 saturated heterocycles. The summed E-state index contributed by atoms with van der Waals surface area (Å²) in [5.41, 5.74) is 2.72. The molecule has 0 radical (unpaired) electrons. The summed E-state index contributed by atoms with van der Waals surface area (Å²) in [5.74, 6) is -1.48. The molecule has 0 fully saturated rings. The number of aromatic nitrogens is 1. The maximum Gasteiger partial charge on any atom is 0.354 e. The number of nitrogens with zero attached hydrogens (tertiary/aromatic N) is 1. The summed E-state index contributed by atoms with van der Waals surface area (Å²) < 4.78 is 13.6. The van der Waals surface area contributed by atoms with Crippen LogP contribution in [0.3, 0.4) is 0 Å². The first kappa shape index (κ1) is 15.2. The third-order valence-corrected chi connectivity index (χ3v) is 4.03. The van der Waals surface area contributed by atoms with Crippen LogP contribution in [0.25, 0.3) is 11.1 Å². The molecule has 3 rings (SSSR count). The minimum Gasteiger partial charge on any atom is -0.507 e. The van der Waals surface area contributed by atoms with E-state index in [4.69, 9.17) is 5.11 Å². The fourth-order valence-electron chi connectivity index (χ4n) is 2.96. The first-order valence-electron chi connectivity index (χ1n) is 7.48. The van der Waals surface area contributed by atoms with E-state index >= 15 is 0 Å². The number of hydrogen-bond donors (Lipinski definition) is 2. The molecule has 1 aliphatic carbocycles. The molecule has 2 aromatic rings. The second kappa shape index (κ2) is 6.20. The quantitative estimate of drug-likeness (QED) is 0.894. The van der Waals surface area contributed by atoms with Gasteiger partial charge in [0.1, 0.15) is 17.3 Å². The Morgan fingerprint density at radius 2 is 1.83 bits per heavy atom. The Bertz CT molecular complexity index is 799. The van der Waals surface area contributed by atoms with Crippen molar-refractivity contribution < 1.29 is 19.4 Å².